The number of halogens is 1. The van der Waals surface area contributed by atoms with Gasteiger partial charge in [-0.3, -0.25) is 9.59 Å². The summed E-state index contributed by atoms with van der Waals surface area (Å²) in [5.41, 5.74) is 1.46. The third kappa shape index (κ3) is 4.38. The molecule has 2 aromatic carbocycles. The highest BCUT2D eigenvalue weighted by atomic mass is 19.1. The van der Waals surface area contributed by atoms with Gasteiger partial charge in [0.25, 0.3) is 0 Å². The Kier molecular flexibility index (Phi) is 5.93. The fraction of sp³-hybridized carbons (Fsp3) is 0.250. The predicted octanol–water partition coefficient (Wildman–Crippen LogP) is 2.56. The number of fused-ring (bicyclic) bond motifs is 1. The number of nitrogens with zero attached hydrogens (tertiary/aromatic N) is 2. The maximum atomic E-state index is 13.5. The van der Waals surface area contributed by atoms with Crippen molar-refractivity contribution in [2.24, 2.45) is 0 Å². The van der Waals surface area contributed by atoms with Crippen molar-refractivity contribution in [2.75, 3.05) is 20.3 Å². The molecule has 0 aliphatic heterocycles. The molecule has 0 unspecified atom stereocenters. The van der Waals surface area contributed by atoms with Gasteiger partial charge in [-0.05, 0) is 30.7 Å². The summed E-state index contributed by atoms with van der Waals surface area (Å²) in [5, 5.41) is 2.80. The molecule has 1 heterocycles. The molecule has 0 saturated carbocycles. The average molecular weight is 369 g/mol. The van der Waals surface area contributed by atoms with Crippen molar-refractivity contribution in [1.29, 1.82) is 0 Å². The monoisotopic (exact) mass is 369 g/mol. The lowest BCUT2D eigenvalue weighted by atomic mass is 10.1. The number of ether oxygens (including phenoxy) is 1. The standard InChI is InChI=1S/C20H20FN3O3/c1-27-11-5-10-22-18(25)13-24-17-9-3-2-8-16(17)23-20(24)19(26)14-6-4-7-15(21)12-14/h2-4,6-9,12H,5,10-11,13H2,1H3,(H,22,25). The Morgan fingerprint density at radius 2 is 2.00 bits per heavy atom. The van der Waals surface area contributed by atoms with Crippen molar-refractivity contribution < 1.29 is 18.7 Å². The van der Waals surface area contributed by atoms with Crippen molar-refractivity contribution in [3.8, 4) is 0 Å². The molecule has 140 valence electrons. The van der Waals surface area contributed by atoms with E-state index in [1.165, 1.54) is 18.2 Å². The van der Waals surface area contributed by atoms with Gasteiger partial charge in [-0.1, -0.05) is 24.3 Å². The summed E-state index contributed by atoms with van der Waals surface area (Å²) in [6, 6.07) is 12.6. The lowest BCUT2D eigenvalue weighted by Crippen LogP contribution is -2.30. The van der Waals surface area contributed by atoms with E-state index in [-0.39, 0.29) is 23.8 Å². The Labute approximate surface area is 156 Å². The van der Waals surface area contributed by atoms with Crippen LogP contribution in [0.4, 0.5) is 4.39 Å². The number of nitrogens with one attached hydrogen (secondary N) is 1. The van der Waals surface area contributed by atoms with E-state index in [0.717, 1.165) is 6.07 Å². The van der Waals surface area contributed by atoms with E-state index in [4.69, 9.17) is 4.74 Å². The molecule has 0 bridgehead atoms. The summed E-state index contributed by atoms with van der Waals surface area (Å²) in [4.78, 5) is 29.6. The van der Waals surface area contributed by atoms with Crippen LogP contribution in [-0.4, -0.2) is 41.5 Å². The van der Waals surface area contributed by atoms with Crippen molar-refractivity contribution >= 4 is 22.7 Å². The Hall–Kier alpha value is -3.06. The number of carbonyl (C=O) groups excluding carboxylic acids is 2. The first-order valence-electron chi connectivity index (χ1n) is 8.61. The third-order valence-corrected chi connectivity index (χ3v) is 4.09. The normalized spacial score (nSPS) is 10.9. The molecule has 0 radical (unpaired) electrons. The second kappa shape index (κ2) is 8.55. The van der Waals surface area contributed by atoms with Crippen LogP contribution in [0.1, 0.15) is 22.6 Å². The van der Waals surface area contributed by atoms with Crippen LogP contribution in [-0.2, 0) is 16.1 Å². The second-order valence-electron chi connectivity index (χ2n) is 6.05. The number of rotatable bonds is 8. The topological polar surface area (TPSA) is 73.2 Å². The van der Waals surface area contributed by atoms with E-state index in [1.54, 1.807) is 29.9 Å². The van der Waals surface area contributed by atoms with Gasteiger partial charge in [-0.2, -0.15) is 0 Å². The van der Waals surface area contributed by atoms with Gasteiger partial charge in [-0.15, -0.1) is 0 Å². The minimum atomic E-state index is -0.501. The summed E-state index contributed by atoms with van der Waals surface area (Å²) >= 11 is 0. The molecule has 0 spiro atoms. The number of amides is 1. The molecular weight excluding hydrogens is 349 g/mol. The smallest absolute Gasteiger partial charge is 0.240 e. The number of aromatic nitrogens is 2. The molecule has 1 amide bonds. The molecule has 0 atom stereocenters. The number of imidazole rings is 1. The first-order valence-corrected chi connectivity index (χ1v) is 8.61. The molecule has 27 heavy (non-hydrogen) atoms. The quantitative estimate of drug-likeness (QED) is 0.489. The van der Waals surface area contributed by atoms with E-state index in [2.05, 4.69) is 10.3 Å². The molecule has 3 aromatic rings. The van der Waals surface area contributed by atoms with E-state index in [0.29, 0.717) is 30.6 Å². The van der Waals surface area contributed by atoms with Crippen LogP contribution < -0.4 is 5.32 Å². The van der Waals surface area contributed by atoms with Gasteiger partial charge in [-0.25, -0.2) is 9.37 Å². The van der Waals surface area contributed by atoms with E-state index >= 15 is 0 Å². The van der Waals surface area contributed by atoms with E-state index < -0.39 is 11.6 Å². The molecule has 6 nitrogen and oxygen atoms in total. The molecule has 3 rings (SSSR count). The zero-order valence-electron chi connectivity index (χ0n) is 14.9. The third-order valence-electron chi connectivity index (χ3n) is 4.09. The number of hydrogen-bond donors (Lipinski definition) is 1. The highest BCUT2D eigenvalue weighted by Gasteiger charge is 2.21. The van der Waals surface area contributed by atoms with Crippen LogP contribution in [0.25, 0.3) is 11.0 Å². The highest BCUT2D eigenvalue weighted by molar-refractivity contribution is 6.08. The van der Waals surface area contributed by atoms with Crippen LogP contribution in [0.3, 0.4) is 0 Å². The zero-order valence-corrected chi connectivity index (χ0v) is 14.9. The Morgan fingerprint density at radius 3 is 2.78 bits per heavy atom. The van der Waals surface area contributed by atoms with Gasteiger partial charge in [0.15, 0.2) is 5.82 Å². The van der Waals surface area contributed by atoms with Crippen molar-refractivity contribution in [1.82, 2.24) is 14.9 Å². The van der Waals surface area contributed by atoms with Gasteiger partial charge < -0.3 is 14.6 Å². The lowest BCUT2D eigenvalue weighted by molar-refractivity contribution is -0.121. The number of hydrogen-bond acceptors (Lipinski definition) is 4. The number of ketones is 1. The van der Waals surface area contributed by atoms with Crippen LogP contribution in [0.15, 0.2) is 48.5 Å². The van der Waals surface area contributed by atoms with E-state index in [1.807, 2.05) is 6.07 Å². The highest BCUT2D eigenvalue weighted by Crippen LogP contribution is 2.19. The number of carbonyl (C=O) groups is 2. The minimum absolute atomic E-state index is 0.0517. The number of benzene rings is 2. The van der Waals surface area contributed by atoms with Gasteiger partial charge in [0, 0.05) is 25.8 Å². The van der Waals surface area contributed by atoms with E-state index in [9.17, 15) is 14.0 Å². The number of methoxy groups -OCH3 is 1. The molecule has 1 N–H and O–H groups in total. The fourth-order valence-electron chi connectivity index (χ4n) is 2.81. The zero-order chi connectivity index (χ0) is 19.2. The van der Waals surface area contributed by atoms with Crippen molar-refractivity contribution in [3.05, 3.63) is 65.7 Å². The minimum Gasteiger partial charge on any atom is -0.385 e. The Morgan fingerprint density at radius 1 is 1.19 bits per heavy atom. The summed E-state index contributed by atoms with van der Waals surface area (Å²) in [7, 11) is 1.60. The maximum Gasteiger partial charge on any atom is 0.240 e. The molecular formula is C20H20FN3O3. The second-order valence-corrected chi connectivity index (χ2v) is 6.05. The van der Waals surface area contributed by atoms with Gasteiger partial charge in [0.05, 0.1) is 11.0 Å². The Balaban J connectivity index is 1.90. The molecule has 7 heteroatoms. The van der Waals surface area contributed by atoms with Crippen LogP contribution >= 0.6 is 0 Å². The van der Waals surface area contributed by atoms with Crippen molar-refractivity contribution in [2.45, 2.75) is 13.0 Å². The van der Waals surface area contributed by atoms with Gasteiger partial charge in [0.1, 0.15) is 12.4 Å². The predicted molar refractivity (Wildman–Crippen MR) is 99.1 cm³/mol. The summed E-state index contributed by atoms with van der Waals surface area (Å²) in [6.07, 6.45) is 0.696. The molecule has 0 fully saturated rings. The summed E-state index contributed by atoms with van der Waals surface area (Å²) in [5.74, 6) is -1.06. The number of para-hydroxylation sites is 2. The van der Waals surface area contributed by atoms with Crippen molar-refractivity contribution in [3.63, 3.8) is 0 Å². The SMILES string of the molecule is COCCCNC(=O)Cn1c(C(=O)c2cccc(F)c2)nc2ccccc21. The summed E-state index contributed by atoms with van der Waals surface area (Å²) in [6.45, 7) is 0.980. The molecule has 0 aliphatic rings. The first kappa shape index (κ1) is 18.7. The molecule has 1 aromatic heterocycles. The summed E-state index contributed by atoms with van der Waals surface area (Å²) < 4.78 is 20.0. The average Bonchev–Trinajstić information content (AvgIpc) is 3.03. The largest absolute Gasteiger partial charge is 0.385 e. The molecule has 0 aliphatic carbocycles. The molecule has 0 saturated heterocycles. The van der Waals surface area contributed by atoms with Crippen LogP contribution in [0, 0.1) is 5.82 Å². The Bertz CT molecular complexity index is 968. The van der Waals surface area contributed by atoms with Crippen LogP contribution in [0.2, 0.25) is 0 Å². The van der Waals surface area contributed by atoms with Crippen LogP contribution in [0.5, 0.6) is 0 Å². The van der Waals surface area contributed by atoms with Gasteiger partial charge >= 0.3 is 0 Å². The lowest BCUT2D eigenvalue weighted by Gasteiger charge is -2.09. The first-order chi connectivity index (χ1) is 13.1. The maximum absolute atomic E-state index is 13.5. The van der Waals surface area contributed by atoms with Gasteiger partial charge in [0.2, 0.25) is 11.7 Å². The fourth-order valence-corrected chi connectivity index (χ4v) is 2.81.